The molecular weight excluding hydrogens is 499 g/mol. The second-order valence-corrected chi connectivity index (χ2v) is 11.9. The fourth-order valence-corrected chi connectivity index (χ4v) is 6.27. The largest absolute Gasteiger partial charge is 0.483 e. The zero-order chi connectivity index (χ0) is 27.0. The van der Waals surface area contributed by atoms with Crippen molar-refractivity contribution >= 4 is 33.0 Å². The van der Waals surface area contributed by atoms with Crippen molar-refractivity contribution in [3.63, 3.8) is 0 Å². The molecule has 1 atom stereocenters. The van der Waals surface area contributed by atoms with Crippen LogP contribution in [-0.2, 0) is 34.7 Å². The van der Waals surface area contributed by atoms with Gasteiger partial charge in [0.05, 0.1) is 4.90 Å². The van der Waals surface area contributed by atoms with Crippen LogP contribution in [0.3, 0.4) is 0 Å². The number of hydrogen-bond donors (Lipinski definition) is 3. The summed E-state index contributed by atoms with van der Waals surface area (Å²) in [7, 11) is -2.28. The van der Waals surface area contributed by atoms with E-state index in [1.807, 2.05) is 18.2 Å². The maximum Gasteiger partial charge on any atom is 0.290 e. The Morgan fingerprint density at radius 2 is 1.95 bits per heavy atom. The number of anilines is 1. The van der Waals surface area contributed by atoms with E-state index in [0.29, 0.717) is 29.8 Å². The molecule has 0 bridgehead atoms. The van der Waals surface area contributed by atoms with Gasteiger partial charge < -0.3 is 15.0 Å². The fourth-order valence-electron chi connectivity index (χ4n) is 4.59. The van der Waals surface area contributed by atoms with Crippen molar-refractivity contribution in [1.82, 2.24) is 14.3 Å². The monoisotopic (exact) mass is 530 g/mol. The second-order valence-electron chi connectivity index (χ2n) is 10.2. The Morgan fingerprint density at radius 3 is 2.57 bits per heavy atom. The molecule has 1 unspecified atom stereocenters. The third-order valence-electron chi connectivity index (χ3n) is 6.53. The number of carboxylic acid groups (broad SMARTS) is 1. The summed E-state index contributed by atoms with van der Waals surface area (Å²) in [4.78, 5) is 25.2. The van der Waals surface area contributed by atoms with Crippen LogP contribution in [0.25, 0.3) is 10.8 Å². The van der Waals surface area contributed by atoms with Crippen molar-refractivity contribution in [1.29, 1.82) is 0 Å². The fraction of sp³-hybridized carbons (Fsp3) is 0.423. The number of nitrogens with zero attached hydrogens (tertiary/aromatic N) is 2. The van der Waals surface area contributed by atoms with Crippen LogP contribution in [0.15, 0.2) is 46.3 Å². The lowest BCUT2D eigenvalue weighted by Crippen LogP contribution is -2.36. The number of rotatable bonds is 7. The highest BCUT2D eigenvalue weighted by Crippen LogP contribution is 2.42. The van der Waals surface area contributed by atoms with E-state index in [9.17, 15) is 17.6 Å². The number of nitrogens with one attached hydrogen (secondary N) is 2. The molecule has 2 aliphatic rings. The normalized spacial score (nSPS) is 17.1. The molecule has 3 aromatic rings. The first-order valence-electron chi connectivity index (χ1n) is 12.1. The minimum atomic E-state index is -3.97. The third-order valence-corrected chi connectivity index (χ3v) is 8.06. The number of alkyl halides is 1. The van der Waals surface area contributed by atoms with E-state index < -0.39 is 15.7 Å². The standard InChI is InChI=1S/C25H29FN4O3S.CH2O2/c1-25(2,26)14-28-34(32,33)24-20-10-19(29-18-6-7-30(3)23(31)11-18)9-16(20)8-17-13-27-22(12-21(17)24)15-4-5-15;2-1-3/h6-8,11-13,15,19,28-29H,4-5,9-10,14H2,1-3H3;1H,(H,2,3). The maximum absolute atomic E-state index is 14.2. The third kappa shape index (κ3) is 6.16. The molecule has 3 N–H and O–H groups in total. The summed E-state index contributed by atoms with van der Waals surface area (Å²) >= 11 is 0. The van der Waals surface area contributed by atoms with E-state index >= 15 is 0 Å². The van der Waals surface area contributed by atoms with E-state index in [0.717, 1.165) is 35.0 Å². The highest BCUT2D eigenvalue weighted by atomic mass is 32.2. The van der Waals surface area contributed by atoms with Crippen molar-refractivity contribution in [3.8, 4) is 0 Å². The molecule has 1 aromatic carbocycles. The Morgan fingerprint density at radius 1 is 1.24 bits per heavy atom. The zero-order valence-electron chi connectivity index (χ0n) is 21.0. The highest BCUT2D eigenvalue weighted by Gasteiger charge is 2.33. The van der Waals surface area contributed by atoms with E-state index in [1.54, 1.807) is 19.4 Å². The molecule has 5 rings (SSSR count). The van der Waals surface area contributed by atoms with Gasteiger partial charge in [-0.1, -0.05) is 0 Å². The van der Waals surface area contributed by atoms with Crippen molar-refractivity contribution < 1.29 is 22.7 Å². The Balaban J connectivity index is 0.00000102. The summed E-state index contributed by atoms with van der Waals surface area (Å²) in [6, 6.07) is 7.20. The summed E-state index contributed by atoms with van der Waals surface area (Å²) in [5.74, 6) is 0.376. The van der Waals surface area contributed by atoms with Gasteiger partial charge in [0.1, 0.15) is 5.67 Å². The number of halogens is 1. The van der Waals surface area contributed by atoms with Gasteiger partial charge in [-0.25, -0.2) is 17.5 Å². The predicted octanol–water partition coefficient (Wildman–Crippen LogP) is 3.12. The minimum Gasteiger partial charge on any atom is -0.483 e. The Kier molecular flexibility index (Phi) is 7.38. The van der Waals surface area contributed by atoms with Crippen LogP contribution in [0.4, 0.5) is 10.1 Å². The summed E-state index contributed by atoms with van der Waals surface area (Å²) in [5, 5.41) is 11.7. The molecule has 0 aliphatic heterocycles. The molecule has 198 valence electrons. The van der Waals surface area contributed by atoms with Gasteiger partial charge in [0.2, 0.25) is 10.0 Å². The number of benzene rings is 1. The number of hydrogen-bond acceptors (Lipinski definition) is 6. The molecule has 2 aromatic heterocycles. The van der Waals surface area contributed by atoms with Crippen LogP contribution in [0.5, 0.6) is 0 Å². The molecule has 2 heterocycles. The molecule has 1 fully saturated rings. The SMILES string of the molecule is Cn1ccc(NC2Cc3cc4cnc(C5CC5)cc4c(S(=O)(=O)NCC(C)(C)F)c3C2)cc1=O.O=CO. The van der Waals surface area contributed by atoms with Crippen LogP contribution < -0.4 is 15.6 Å². The number of fused-ring (bicyclic) bond motifs is 2. The van der Waals surface area contributed by atoms with E-state index in [1.165, 1.54) is 24.5 Å². The molecule has 11 heteroatoms. The molecule has 2 aliphatic carbocycles. The minimum absolute atomic E-state index is 0.0682. The highest BCUT2D eigenvalue weighted by molar-refractivity contribution is 7.89. The lowest BCUT2D eigenvalue weighted by Gasteiger charge is -2.18. The van der Waals surface area contributed by atoms with Crippen LogP contribution >= 0.6 is 0 Å². The average Bonchev–Trinajstić information content (AvgIpc) is 3.59. The van der Waals surface area contributed by atoms with Gasteiger partial charge in [-0.05, 0) is 68.9 Å². The first kappa shape index (κ1) is 26.7. The van der Waals surface area contributed by atoms with Gasteiger partial charge in [-0.15, -0.1) is 0 Å². The van der Waals surface area contributed by atoms with E-state index in [2.05, 4.69) is 15.0 Å². The Bertz CT molecular complexity index is 1490. The smallest absolute Gasteiger partial charge is 0.290 e. The first-order chi connectivity index (χ1) is 17.4. The number of pyridine rings is 2. The molecule has 37 heavy (non-hydrogen) atoms. The van der Waals surface area contributed by atoms with Gasteiger partial charge in [0, 0.05) is 66.2 Å². The second kappa shape index (κ2) is 10.2. The summed E-state index contributed by atoms with van der Waals surface area (Å²) in [5.41, 5.74) is 1.48. The molecule has 1 saturated carbocycles. The van der Waals surface area contributed by atoms with Crippen molar-refractivity contribution in [2.75, 3.05) is 11.9 Å². The molecule has 0 saturated heterocycles. The molecule has 0 spiro atoms. The van der Waals surface area contributed by atoms with E-state index in [4.69, 9.17) is 9.90 Å². The summed E-state index contributed by atoms with van der Waals surface area (Å²) in [6.45, 7) is 2.14. The topological polar surface area (TPSA) is 130 Å². The molecule has 9 nitrogen and oxygen atoms in total. The van der Waals surface area contributed by atoms with Gasteiger partial charge in [-0.3, -0.25) is 14.6 Å². The number of carbonyl (C=O) groups is 1. The zero-order valence-corrected chi connectivity index (χ0v) is 21.8. The van der Waals surface area contributed by atoms with Gasteiger partial charge in [0.25, 0.3) is 12.0 Å². The first-order valence-corrected chi connectivity index (χ1v) is 13.5. The number of aryl methyl sites for hydroxylation is 1. The number of sulfonamides is 1. The molecule has 0 radical (unpaired) electrons. The van der Waals surface area contributed by atoms with E-state index in [-0.39, 0.29) is 29.5 Å². The lowest BCUT2D eigenvalue weighted by atomic mass is 10.0. The quantitative estimate of drug-likeness (QED) is 0.400. The Hall–Kier alpha value is -3.31. The lowest BCUT2D eigenvalue weighted by molar-refractivity contribution is -0.122. The molecule has 0 amide bonds. The van der Waals surface area contributed by atoms with Crippen LogP contribution in [0.2, 0.25) is 0 Å². The average molecular weight is 531 g/mol. The number of aromatic nitrogens is 2. The van der Waals surface area contributed by atoms with Crippen molar-refractivity contribution in [2.24, 2.45) is 7.05 Å². The van der Waals surface area contributed by atoms with Crippen molar-refractivity contribution in [2.45, 2.75) is 62.1 Å². The van der Waals surface area contributed by atoms with Crippen LogP contribution in [0.1, 0.15) is 49.4 Å². The Labute approximate surface area is 214 Å². The summed E-state index contributed by atoms with van der Waals surface area (Å²) < 4.78 is 45.2. The molecular formula is C26H31FN4O5S. The maximum atomic E-state index is 14.2. The van der Waals surface area contributed by atoms with Crippen LogP contribution in [0, 0.1) is 0 Å². The van der Waals surface area contributed by atoms with Crippen molar-refractivity contribution in [3.05, 3.63) is 63.8 Å². The van der Waals surface area contributed by atoms with Gasteiger partial charge >= 0.3 is 0 Å². The summed E-state index contributed by atoms with van der Waals surface area (Å²) in [6.07, 6.45) is 6.66. The predicted molar refractivity (Wildman–Crippen MR) is 139 cm³/mol. The van der Waals surface area contributed by atoms with Crippen LogP contribution in [-0.4, -0.2) is 47.8 Å². The van der Waals surface area contributed by atoms with Gasteiger partial charge in [0.15, 0.2) is 0 Å². The van der Waals surface area contributed by atoms with Gasteiger partial charge in [-0.2, -0.15) is 0 Å².